The van der Waals surface area contributed by atoms with Gasteiger partial charge in [-0.2, -0.15) is 5.10 Å². The smallest absolute Gasteiger partial charge is 0.191 e. The van der Waals surface area contributed by atoms with E-state index in [0.717, 1.165) is 5.56 Å². The number of hydrogen-bond acceptors (Lipinski definition) is 3. The molecule has 0 unspecified atom stereocenters. The minimum Gasteiger partial charge on any atom is -0.294 e. The number of aryl methyl sites for hydroxylation is 1. The van der Waals surface area contributed by atoms with E-state index in [1.807, 2.05) is 30.3 Å². The molecule has 1 aromatic heterocycles. The summed E-state index contributed by atoms with van der Waals surface area (Å²) in [5.74, 6) is 0.916. The van der Waals surface area contributed by atoms with Gasteiger partial charge >= 0.3 is 0 Å². The molecule has 70 valence electrons. The van der Waals surface area contributed by atoms with Crippen molar-refractivity contribution in [1.82, 2.24) is 14.8 Å². The molecule has 0 aliphatic carbocycles. The van der Waals surface area contributed by atoms with Crippen molar-refractivity contribution in [3.8, 4) is 11.4 Å². The van der Waals surface area contributed by atoms with E-state index >= 15 is 0 Å². The van der Waals surface area contributed by atoms with Gasteiger partial charge in [-0.1, -0.05) is 30.3 Å². The lowest BCUT2D eigenvalue weighted by molar-refractivity contribution is 0.111. The first-order valence-electron chi connectivity index (χ1n) is 4.23. The number of nitrogens with zero attached hydrogens (tertiary/aromatic N) is 3. The zero-order valence-electron chi connectivity index (χ0n) is 7.71. The fourth-order valence-corrected chi connectivity index (χ4v) is 1.21. The molecular weight excluding hydrogens is 178 g/mol. The third-order valence-electron chi connectivity index (χ3n) is 1.93. The first-order chi connectivity index (χ1) is 6.81. The molecule has 0 radical (unpaired) electrons. The molecule has 0 amide bonds. The van der Waals surface area contributed by atoms with Crippen LogP contribution in [0.1, 0.15) is 10.6 Å². The van der Waals surface area contributed by atoms with Gasteiger partial charge in [-0.15, -0.1) is 0 Å². The van der Waals surface area contributed by atoms with Crippen molar-refractivity contribution in [2.75, 3.05) is 0 Å². The maximum atomic E-state index is 10.5. The largest absolute Gasteiger partial charge is 0.294 e. The average molecular weight is 187 g/mol. The van der Waals surface area contributed by atoms with Crippen molar-refractivity contribution in [2.45, 2.75) is 0 Å². The van der Waals surface area contributed by atoms with Gasteiger partial charge in [0.1, 0.15) is 0 Å². The highest BCUT2D eigenvalue weighted by Crippen LogP contribution is 2.13. The zero-order valence-corrected chi connectivity index (χ0v) is 7.71. The monoisotopic (exact) mass is 187 g/mol. The number of carbonyl (C=O) groups is 1. The molecule has 0 fully saturated rings. The van der Waals surface area contributed by atoms with Gasteiger partial charge in [0.15, 0.2) is 17.9 Å². The van der Waals surface area contributed by atoms with E-state index in [2.05, 4.69) is 10.1 Å². The fraction of sp³-hybridized carbons (Fsp3) is 0.100. The summed E-state index contributed by atoms with van der Waals surface area (Å²) in [5, 5.41) is 4.13. The molecule has 0 bridgehead atoms. The standard InChI is InChI=1S/C10H9N3O/c1-13-9(7-14)11-10(12-13)8-5-3-2-4-6-8/h2-7H,1H3. The summed E-state index contributed by atoms with van der Waals surface area (Å²) < 4.78 is 1.47. The SMILES string of the molecule is Cn1nc(-c2ccccc2)nc1C=O. The summed E-state index contributed by atoms with van der Waals surface area (Å²) in [6, 6.07) is 9.56. The van der Waals surface area contributed by atoms with Gasteiger partial charge < -0.3 is 0 Å². The van der Waals surface area contributed by atoms with Crippen molar-refractivity contribution < 1.29 is 4.79 Å². The Hall–Kier alpha value is -1.97. The second-order valence-corrected chi connectivity index (χ2v) is 2.90. The summed E-state index contributed by atoms with van der Waals surface area (Å²) in [7, 11) is 1.70. The molecule has 4 nitrogen and oxygen atoms in total. The number of aromatic nitrogens is 3. The zero-order chi connectivity index (χ0) is 9.97. The Bertz CT molecular complexity index is 448. The Morgan fingerprint density at radius 3 is 2.57 bits per heavy atom. The molecule has 0 spiro atoms. The van der Waals surface area contributed by atoms with Gasteiger partial charge in [-0.3, -0.25) is 4.79 Å². The van der Waals surface area contributed by atoms with Crippen molar-refractivity contribution in [1.29, 1.82) is 0 Å². The van der Waals surface area contributed by atoms with E-state index in [4.69, 9.17) is 0 Å². The Labute approximate surface area is 81.2 Å². The maximum absolute atomic E-state index is 10.5. The quantitative estimate of drug-likeness (QED) is 0.665. The highest BCUT2D eigenvalue weighted by Gasteiger charge is 2.06. The van der Waals surface area contributed by atoms with Crippen LogP contribution in [0.25, 0.3) is 11.4 Å². The Morgan fingerprint density at radius 1 is 1.29 bits per heavy atom. The second-order valence-electron chi connectivity index (χ2n) is 2.90. The van der Waals surface area contributed by atoms with E-state index in [-0.39, 0.29) is 0 Å². The van der Waals surface area contributed by atoms with Crippen LogP contribution < -0.4 is 0 Å². The molecule has 0 aliphatic rings. The summed E-state index contributed by atoms with van der Waals surface area (Å²) in [6.45, 7) is 0. The van der Waals surface area contributed by atoms with Crippen molar-refractivity contribution in [2.24, 2.45) is 7.05 Å². The lowest BCUT2D eigenvalue weighted by Gasteiger charge is -1.91. The van der Waals surface area contributed by atoms with Crippen LogP contribution in [0.5, 0.6) is 0 Å². The Kier molecular flexibility index (Phi) is 2.10. The van der Waals surface area contributed by atoms with Crippen LogP contribution in [0.3, 0.4) is 0 Å². The van der Waals surface area contributed by atoms with E-state index in [9.17, 15) is 4.79 Å². The van der Waals surface area contributed by atoms with Crippen LogP contribution in [-0.4, -0.2) is 21.1 Å². The summed E-state index contributed by atoms with van der Waals surface area (Å²) in [6.07, 6.45) is 0.694. The predicted octanol–water partition coefficient (Wildman–Crippen LogP) is 1.29. The van der Waals surface area contributed by atoms with E-state index in [0.29, 0.717) is 17.9 Å². The molecule has 0 saturated heterocycles. The number of aldehydes is 1. The number of benzene rings is 1. The fourth-order valence-electron chi connectivity index (χ4n) is 1.21. The highest BCUT2D eigenvalue weighted by atomic mass is 16.1. The highest BCUT2D eigenvalue weighted by molar-refractivity contribution is 5.70. The third kappa shape index (κ3) is 1.42. The summed E-state index contributed by atoms with van der Waals surface area (Å²) in [5.41, 5.74) is 0.913. The predicted molar refractivity (Wildman–Crippen MR) is 51.8 cm³/mol. The molecule has 0 aliphatic heterocycles. The van der Waals surface area contributed by atoms with Crippen molar-refractivity contribution in [3.05, 3.63) is 36.2 Å². The number of hydrogen-bond donors (Lipinski definition) is 0. The Morgan fingerprint density at radius 2 is 2.00 bits per heavy atom. The molecule has 0 atom stereocenters. The van der Waals surface area contributed by atoms with Gasteiger partial charge in [-0.25, -0.2) is 9.67 Å². The Balaban J connectivity index is 2.48. The van der Waals surface area contributed by atoms with Crippen molar-refractivity contribution in [3.63, 3.8) is 0 Å². The lowest BCUT2D eigenvalue weighted by atomic mass is 10.2. The van der Waals surface area contributed by atoms with E-state index in [1.165, 1.54) is 4.68 Å². The third-order valence-corrected chi connectivity index (χ3v) is 1.93. The minimum atomic E-state index is 0.337. The molecular formula is C10H9N3O. The number of carbonyl (C=O) groups excluding carboxylic acids is 1. The first-order valence-corrected chi connectivity index (χ1v) is 4.23. The van der Waals surface area contributed by atoms with Crippen LogP contribution in [0, 0.1) is 0 Å². The molecule has 0 saturated carbocycles. The molecule has 1 aromatic carbocycles. The molecule has 0 N–H and O–H groups in total. The van der Waals surface area contributed by atoms with Gasteiger partial charge in [0.2, 0.25) is 0 Å². The van der Waals surface area contributed by atoms with Gasteiger partial charge in [0.25, 0.3) is 0 Å². The number of rotatable bonds is 2. The van der Waals surface area contributed by atoms with Crippen LogP contribution in [0.2, 0.25) is 0 Å². The lowest BCUT2D eigenvalue weighted by Crippen LogP contribution is -1.96. The van der Waals surface area contributed by atoms with Gasteiger partial charge in [-0.05, 0) is 0 Å². The molecule has 2 rings (SSSR count). The normalized spacial score (nSPS) is 10.1. The first kappa shape index (κ1) is 8.62. The minimum absolute atomic E-state index is 0.337. The van der Waals surface area contributed by atoms with Crippen LogP contribution in [0.4, 0.5) is 0 Å². The average Bonchev–Trinajstić information content (AvgIpc) is 2.61. The maximum Gasteiger partial charge on any atom is 0.191 e. The second kappa shape index (κ2) is 3.41. The summed E-state index contributed by atoms with van der Waals surface area (Å²) >= 11 is 0. The van der Waals surface area contributed by atoms with Gasteiger partial charge in [0.05, 0.1) is 0 Å². The van der Waals surface area contributed by atoms with Crippen LogP contribution in [0.15, 0.2) is 30.3 Å². The van der Waals surface area contributed by atoms with E-state index in [1.54, 1.807) is 7.05 Å². The molecule has 2 aromatic rings. The van der Waals surface area contributed by atoms with Crippen molar-refractivity contribution >= 4 is 6.29 Å². The topological polar surface area (TPSA) is 47.8 Å². The van der Waals surface area contributed by atoms with E-state index < -0.39 is 0 Å². The van der Waals surface area contributed by atoms with Crippen LogP contribution in [-0.2, 0) is 7.05 Å². The molecule has 4 heteroatoms. The van der Waals surface area contributed by atoms with Crippen LogP contribution >= 0.6 is 0 Å². The summed E-state index contributed by atoms with van der Waals surface area (Å²) in [4.78, 5) is 14.6. The molecule has 1 heterocycles. The molecule has 14 heavy (non-hydrogen) atoms. The van der Waals surface area contributed by atoms with Gasteiger partial charge in [0, 0.05) is 12.6 Å².